The van der Waals surface area contributed by atoms with Gasteiger partial charge < -0.3 is 19.7 Å². The minimum Gasteiger partial charge on any atom is -0.493 e. The quantitative estimate of drug-likeness (QED) is 0.649. The molecule has 6 nitrogen and oxygen atoms in total. The second kappa shape index (κ2) is 9.70. The minimum absolute atomic E-state index is 0.0271. The van der Waals surface area contributed by atoms with Gasteiger partial charge in [0.05, 0.1) is 14.2 Å². The molecule has 2 amide bonds. The monoisotopic (exact) mass is 422 g/mol. The van der Waals surface area contributed by atoms with E-state index in [2.05, 4.69) is 12.2 Å². The smallest absolute Gasteiger partial charge is 0.247 e. The maximum Gasteiger partial charge on any atom is 0.247 e. The number of ether oxygens (including phenoxy) is 2. The number of hydrogen-bond acceptors (Lipinski definition) is 4. The molecule has 1 aromatic rings. The number of nitrogens with zero attached hydrogens (tertiary/aromatic N) is 1. The normalized spacial score (nSPS) is 22.5. The van der Waals surface area contributed by atoms with Crippen LogP contribution in [0.1, 0.15) is 57.1 Å². The van der Waals surface area contributed by atoms with Gasteiger partial charge in [0.15, 0.2) is 11.5 Å². The van der Waals surface area contributed by atoms with E-state index < -0.39 is 6.04 Å². The summed E-state index contributed by atoms with van der Waals surface area (Å²) < 4.78 is 11.0. The third kappa shape index (κ3) is 4.97. The third-order valence-corrected chi connectivity index (χ3v) is 6.19. The van der Waals surface area contributed by atoms with Crippen molar-refractivity contribution in [3.8, 4) is 11.5 Å². The van der Waals surface area contributed by atoms with Gasteiger partial charge in [0, 0.05) is 17.6 Å². The summed E-state index contributed by atoms with van der Waals surface area (Å²) in [7, 11) is 3.10. The maximum absolute atomic E-state index is 13.5. The van der Waals surface area contributed by atoms with E-state index >= 15 is 0 Å². The van der Waals surface area contributed by atoms with Gasteiger partial charge in [-0.15, -0.1) is 11.6 Å². The standard InChI is InChI=1S/C22H31ClN2O4/c1-14-7-9-15(10-8-14)24-22(27)20(25(16-11-12-16)19(26)13-23)17-5-4-6-18(28-2)21(17)29-3/h4-6,14-16,20H,7-13H2,1-3H3,(H,24,27)/t14?,15?,20-/m1/s1. The lowest BCUT2D eigenvalue weighted by molar-refractivity contribution is -0.140. The highest BCUT2D eigenvalue weighted by Crippen LogP contribution is 2.41. The Kier molecular flexibility index (Phi) is 7.28. The van der Waals surface area contributed by atoms with Gasteiger partial charge in [0.25, 0.3) is 0 Å². The Labute approximate surface area is 177 Å². The number of alkyl halides is 1. The molecular formula is C22H31ClN2O4. The van der Waals surface area contributed by atoms with Crippen LogP contribution in [0.3, 0.4) is 0 Å². The molecule has 0 radical (unpaired) electrons. The summed E-state index contributed by atoms with van der Waals surface area (Å²) in [5, 5.41) is 3.20. The lowest BCUT2D eigenvalue weighted by Gasteiger charge is -2.34. The molecule has 0 aliphatic heterocycles. The van der Waals surface area contributed by atoms with Gasteiger partial charge in [-0.2, -0.15) is 0 Å². The van der Waals surface area contributed by atoms with Crippen LogP contribution in [-0.2, 0) is 9.59 Å². The molecular weight excluding hydrogens is 392 g/mol. The Morgan fingerprint density at radius 3 is 2.38 bits per heavy atom. The van der Waals surface area contributed by atoms with Gasteiger partial charge in [0.2, 0.25) is 11.8 Å². The van der Waals surface area contributed by atoms with Gasteiger partial charge in [0.1, 0.15) is 11.9 Å². The van der Waals surface area contributed by atoms with E-state index in [-0.39, 0.29) is 29.8 Å². The Hall–Kier alpha value is -1.95. The molecule has 0 spiro atoms. The van der Waals surface area contributed by atoms with Crippen LogP contribution in [0.25, 0.3) is 0 Å². The van der Waals surface area contributed by atoms with Crippen molar-refractivity contribution in [2.45, 2.75) is 63.6 Å². The molecule has 1 N–H and O–H groups in total. The van der Waals surface area contributed by atoms with Gasteiger partial charge in [-0.1, -0.05) is 19.1 Å². The largest absolute Gasteiger partial charge is 0.493 e. The SMILES string of the molecule is COc1cccc([C@H](C(=O)NC2CCC(C)CC2)N(C(=O)CCl)C2CC2)c1OC. The highest BCUT2D eigenvalue weighted by Gasteiger charge is 2.43. The molecule has 0 heterocycles. The zero-order valence-electron chi connectivity index (χ0n) is 17.4. The number of carbonyl (C=O) groups excluding carboxylic acids is 2. The van der Waals surface area contributed by atoms with Crippen molar-refractivity contribution in [3.05, 3.63) is 23.8 Å². The molecule has 0 unspecified atom stereocenters. The molecule has 3 rings (SSSR count). The van der Waals surface area contributed by atoms with Crippen molar-refractivity contribution in [1.29, 1.82) is 0 Å². The Morgan fingerprint density at radius 1 is 1.14 bits per heavy atom. The summed E-state index contributed by atoms with van der Waals surface area (Å²) in [6, 6.07) is 4.79. The maximum atomic E-state index is 13.5. The fourth-order valence-electron chi connectivity index (χ4n) is 4.21. The fraction of sp³-hybridized carbons (Fsp3) is 0.636. The Balaban J connectivity index is 1.96. The number of para-hydroxylation sites is 1. The lowest BCUT2D eigenvalue weighted by Crippen LogP contribution is -2.48. The molecule has 1 aromatic carbocycles. The number of halogens is 1. The molecule has 2 aliphatic rings. The summed E-state index contributed by atoms with van der Waals surface area (Å²) in [6.45, 7) is 2.25. The van der Waals surface area contributed by atoms with Crippen molar-refractivity contribution in [1.82, 2.24) is 10.2 Å². The van der Waals surface area contributed by atoms with Crippen molar-refractivity contribution in [2.75, 3.05) is 20.1 Å². The zero-order chi connectivity index (χ0) is 21.0. The number of nitrogens with one attached hydrogen (secondary N) is 1. The van der Waals surface area contributed by atoms with Crippen LogP contribution in [0.15, 0.2) is 18.2 Å². The summed E-state index contributed by atoms with van der Waals surface area (Å²) in [6.07, 6.45) is 5.87. The molecule has 7 heteroatoms. The van der Waals surface area contributed by atoms with E-state index in [0.29, 0.717) is 23.0 Å². The highest BCUT2D eigenvalue weighted by atomic mass is 35.5. The number of carbonyl (C=O) groups is 2. The van der Waals surface area contributed by atoms with Crippen LogP contribution >= 0.6 is 11.6 Å². The molecule has 2 saturated carbocycles. The second-order valence-electron chi connectivity index (χ2n) is 8.12. The number of amides is 2. The number of benzene rings is 1. The summed E-state index contributed by atoms with van der Waals surface area (Å²) >= 11 is 5.92. The van der Waals surface area contributed by atoms with Crippen LogP contribution in [0.5, 0.6) is 11.5 Å². The lowest BCUT2D eigenvalue weighted by atomic mass is 9.87. The molecule has 160 valence electrons. The number of methoxy groups -OCH3 is 2. The average molecular weight is 423 g/mol. The van der Waals surface area contributed by atoms with Gasteiger partial charge in [-0.05, 0) is 50.5 Å². The topological polar surface area (TPSA) is 67.9 Å². The first-order valence-electron chi connectivity index (χ1n) is 10.4. The Morgan fingerprint density at radius 2 is 1.83 bits per heavy atom. The first kappa shape index (κ1) is 21.8. The molecule has 1 atom stereocenters. The van der Waals surface area contributed by atoms with Gasteiger partial charge in [-0.25, -0.2) is 0 Å². The molecule has 0 bridgehead atoms. The first-order valence-corrected chi connectivity index (χ1v) is 10.9. The Bertz CT molecular complexity index is 730. The number of rotatable bonds is 8. The van der Waals surface area contributed by atoms with Crippen molar-refractivity contribution >= 4 is 23.4 Å². The van der Waals surface area contributed by atoms with Crippen LogP contribution in [0.2, 0.25) is 0 Å². The van der Waals surface area contributed by atoms with Crippen molar-refractivity contribution in [3.63, 3.8) is 0 Å². The van der Waals surface area contributed by atoms with E-state index in [4.69, 9.17) is 21.1 Å². The van der Waals surface area contributed by atoms with Crippen LogP contribution in [0, 0.1) is 5.92 Å². The third-order valence-electron chi connectivity index (χ3n) is 5.96. The van der Waals surface area contributed by atoms with Crippen molar-refractivity contribution < 1.29 is 19.1 Å². The highest BCUT2D eigenvalue weighted by molar-refractivity contribution is 6.27. The molecule has 0 aromatic heterocycles. The molecule has 29 heavy (non-hydrogen) atoms. The van der Waals surface area contributed by atoms with E-state index in [9.17, 15) is 9.59 Å². The van der Waals surface area contributed by atoms with E-state index in [1.807, 2.05) is 12.1 Å². The summed E-state index contributed by atoms with van der Waals surface area (Å²) in [5.41, 5.74) is 0.624. The van der Waals surface area contributed by atoms with Crippen molar-refractivity contribution in [2.24, 2.45) is 5.92 Å². The van der Waals surface area contributed by atoms with Gasteiger partial charge >= 0.3 is 0 Å². The molecule has 2 fully saturated rings. The minimum atomic E-state index is -0.793. The zero-order valence-corrected chi connectivity index (χ0v) is 18.2. The molecule has 2 aliphatic carbocycles. The fourth-order valence-corrected chi connectivity index (χ4v) is 4.35. The van der Waals surface area contributed by atoms with Crippen LogP contribution in [0.4, 0.5) is 0 Å². The second-order valence-corrected chi connectivity index (χ2v) is 8.38. The van der Waals surface area contributed by atoms with Crippen LogP contribution < -0.4 is 14.8 Å². The van der Waals surface area contributed by atoms with E-state index in [0.717, 1.165) is 38.5 Å². The average Bonchev–Trinajstić information content (AvgIpc) is 3.57. The predicted octanol–water partition coefficient (Wildman–Crippen LogP) is 3.67. The molecule has 0 saturated heterocycles. The van der Waals surface area contributed by atoms with Gasteiger partial charge in [-0.3, -0.25) is 9.59 Å². The number of hydrogen-bond donors (Lipinski definition) is 1. The summed E-state index contributed by atoms with van der Waals surface area (Å²) in [5.74, 6) is 1.12. The summed E-state index contributed by atoms with van der Waals surface area (Å²) in [4.78, 5) is 27.9. The van der Waals surface area contributed by atoms with E-state index in [1.165, 1.54) is 0 Å². The predicted molar refractivity (Wildman–Crippen MR) is 112 cm³/mol. The first-order chi connectivity index (χ1) is 14.0. The van der Waals surface area contributed by atoms with Crippen LogP contribution in [-0.4, -0.2) is 48.9 Å². The van der Waals surface area contributed by atoms with E-state index in [1.54, 1.807) is 25.2 Å².